The molecule has 3 rings (SSSR count). The zero-order chi connectivity index (χ0) is 16.6. The van der Waals surface area contributed by atoms with Crippen LogP contribution in [0.3, 0.4) is 0 Å². The first-order valence-electron chi connectivity index (χ1n) is 7.09. The fourth-order valence-corrected chi connectivity index (χ4v) is 2.30. The minimum absolute atomic E-state index is 0.0377. The molecule has 0 radical (unpaired) electrons. The predicted octanol–water partition coefficient (Wildman–Crippen LogP) is 2.18. The highest BCUT2D eigenvalue weighted by atomic mass is 16.7. The van der Waals surface area contributed by atoms with E-state index >= 15 is 0 Å². The highest BCUT2D eigenvalue weighted by Gasteiger charge is 2.34. The summed E-state index contributed by atoms with van der Waals surface area (Å²) in [6.45, 7) is 3.49. The van der Waals surface area contributed by atoms with E-state index in [1.807, 2.05) is 31.2 Å². The molecule has 7 heteroatoms. The van der Waals surface area contributed by atoms with Crippen molar-refractivity contribution < 1.29 is 23.6 Å². The lowest BCUT2D eigenvalue weighted by atomic mass is 10.1. The minimum Gasteiger partial charge on any atom is -0.429 e. The summed E-state index contributed by atoms with van der Waals surface area (Å²) >= 11 is 0. The van der Waals surface area contributed by atoms with Gasteiger partial charge in [-0.05, 0) is 25.5 Å². The quantitative estimate of drug-likeness (QED) is 0.807. The van der Waals surface area contributed by atoms with Crippen LogP contribution in [0.15, 0.2) is 28.7 Å². The first-order chi connectivity index (χ1) is 11.0. The molecule has 0 atom stereocenters. The number of hydrogen-bond acceptors (Lipinski definition) is 6. The van der Waals surface area contributed by atoms with Crippen LogP contribution in [0.5, 0.6) is 0 Å². The number of hydrogen-bond donors (Lipinski definition) is 0. The van der Waals surface area contributed by atoms with Crippen LogP contribution in [0.25, 0.3) is 11.5 Å². The second kappa shape index (κ2) is 5.68. The summed E-state index contributed by atoms with van der Waals surface area (Å²) in [7, 11) is 0. The van der Waals surface area contributed by atoms with Crippen molar-refractivity contribution in [2.75, 3.05) is 0 Å². The van der Waals surface area contributed by atoms with E-state index in [-0.39, 0.29) is 24.5 Å². The van der Waals surface area contributed by atoms with Gasteiger partial charge in [0.1, 0.15) is 0 Å². The molecular weight excluding hydrogens is 300 g/mol. The van der Waals surface area contributed by atoms with Gasteiger partial charge >= 0.3 is 5.97 Å². The standard InChI is InChI=1S/C16H14N2O5/c1-9-5-3-4-6-11(9)15-17-10(2)14(22-15)16(21)23-18-12(19)7-8-13(18)20/h3-6H,7-8H2,1-2H3. The maximum Gasteiger partial charge on any atom is 0.401 e. The van der Waals surface area contributed by atoms with Crippen molar-refractivity contribution in [1.29, 1.82) is 0 Å². The molecule has 0 bridgehead atoms. The van der Waals surface area contributed by atoms with Crippen LogP contribution in [-0.2, 0) is 14.4 Å². The second-order valence-corrected chi connectivity index (χ2v) is 5.21. The summed E-state index contributed by atoms with van der Waals surface area (Å²) in [6.07, 6.45) is 0.0753. The van der Waals surface area contributed by atoms with Crippen molar-refractivity contribution in [3.05, 3.63) is 41.3 Å². The van der Waals surface area contributed by atoms with Gasteiger partial charge < -0.3 is 9.25 Å². The molecule has 0 saturated carbocycles. The van der Waals surface area contributed by atoms with Gasteiger partial charge in [0, 0.05) is 18.4 Å². The molecule has 1 fully saturated rings. The van der Waals surface area contributed by atoms with Crippen molar-refractivity contribution in [2.24, 2.45) is 0 Å². The monoisotopic (exact) mass is 314 g/mol. The Balaban J connectivity index is 1.86. The molecular formula is C16H14N2O5. The van der Waals surface area contributed by atoms with Crippen LogP contribution in [0.1, 0.15) is 34.7 Å². The van der Waals surface area contributed by atoms with Crippen LogP contribution in [-0.4, -0.2) is 27.8 Å². The van der Waals surface area contributed by atoms with Crippen molar-refractivity contribution in [2.45, 2.75) is 26.7 Å². The van der Waals surface area contributed by atoms with Gasteiger partial charge in [-0.1, -0.05) is 18.2 Å². The van der Waals surface area contributed by atoms with Crippen molar-refractivity contribution in [3.63, 3.8) is 0 Å². The lowest BCUT2D eigenvalue weighted by Gasteiger charge is -2.11. The normalized spacial score (nSPS) is 14.4. The van der Waals surface area contributed by atoms with Crippen molar-refractivity contribution in [1.82, 2.24) is 10.0 Å². The molecule has 2 aromatic rings. The van der Waals surface area contributed by atoms with E-state index in [0.717, 1.165) is 11.1 Å². The Bertz CT molecular complexity index is 793. The average Bonchev–Trinajstić information content (AvgIpc) is 3.05. The summed E-state index contributed by atoms with van der Waals surface area (Å²) in [6, 6.07) is 7.44. The number of aryl methyl sites for hydroxylation is 2. The molecule has 1 aromatic heterocycles. The van der Waals surface area contributed by atoms with Crippen LogP contribution >= 0.6 is 0 Å². The van der Waals surface area contributed by atoms with E-state index in [0.29, 0.717) is 10.8 Å². The second-order valence-electron chi connectivity index (χ2n) is 5.21. The molecule has 23 heavy (non-hydrogen) atoms. The fraction of sp³-hybridized carbons (Fsp3) is 0.250. The molecule has 1 saturated heterocycles. The van der Waals surface area contributed by atoms with Crippen LogP contribution in [0.4, 0.5) is 0 Å². The molecule has 0 N–H and O–H groups in total. The highest BCUT2D eigenvalue weighted by Crippen LogP contribution is 2.25. The number of rotatable bonds is 3. The Hall–Kier alpha value is -2.96. The van der Waals surface area contributed by atoms with Gasteiger partial charge in [-0.3, -0.25) is 9.59 Å². The van der Waals surface area contributed by atoms with Gasteiger partial charge in [-0.15, -0.1) is 5.06 Å². The lowest BCUT2D eigenvalue weighted by molar-refractivity contribution is -0.173. The molecule has 2 heterocycles. The third kappa shape index (κ3) is 2.73. The zero-order valence-electron chi connectivity index (χ0n) is 12.7. The number of carbonyl (C=O) groups excluding carboxylic acids is 3. The average molecular weight is 314 g/mol. The third-order valence-electron chi connectivity index (χ3n) is 3.54. The van der Waals surface area contributed by atoms with E-state index in [2.05, 4.69) is 4.98 Å². The molecule has 7 nitrogen and oxygen atoms in total. The van der Waals surface area contributed by atoms with Crippen LogP contribution in [0, 0.1) is 13.8 Å². The number of amides is 2. The zero-order valence-corrected chi connectivity index (χ0v) is 12.7. The largest absolute Gasteiger partial charge is 0.429 e. The van der Waals surface area contributed by atoms with Crippen molar-refractivity contribution in [3.8, 4) is 11.5 Å². The van der Waals surface area contributed by atoms with E-state index in [9.17, 15) is 14.4 Å². The SMILES string of the molecule is Cc1ccccc1-c1nc(C)c(C(=O)ON2C(=O)CCC2=O)o1. The molecule has 1 aliphatic rings. The number of aromatic nitrogens is 1. The van der Waals surface area contributed by atoms with Gasteiger partial charge in [0.05, 0.1) is 5.69 Å². The summed E-state index contributed by atoms with van der Waals surface area (Å²) in [5.41, 5.74) is 2.02. The van der Waals surface area contributed by atoms with Crippen LogP contribution < -0.4 is 0 Å². The lowest BCUT2D eigenvalue weighted by Crippen LogP contribution is -2.32. The van der Waals surface area contributed by atoms with Crippen LogP contribution in [0.2, 0.25) is 0 Å². The van der Waals surface area contributed by atoms with E-state index < -0.39 is 17.8 Å². The van der Waals surface area contributed by atoms with Gasteiger partial charge in [0.2, 0.25) is 11.7 Å². The maximum atomic E-state index is 12.1. The Labute approximate surface area is 131 Å². The number of oxazole rings is 1. The molecule has 0 unspecified atom stereocenters. The first-order valence-corrected chi connectivity index (χ1v) is 7.09. The Morgan fingerprint density at radius 3 is 2.48 bits per heavy atom. The summed E-state index contributed by atoms with van der Waals surface area (Å²) in [5, 5.41) is 0.484. The van der Waals surface area contributed by atoms with Crippen molar-refractivity contribution >= 4 is 17.8 Å². The summed E-state index contributed by atoms with van der Waals surface area (Å²) in [4.78, 5) is 44.2. The predicted molar refractivity (Wildman–Crippen MR) is 77.9 cm³/mol. The van der Waals surface area contributed by atoms with Gasteiger partial charge in [-0.2, -0.15) is 0 Å². The molecule has 1 aromatic carbocycles. The van der Waals surface area contributed by atoms with E-state index in [1.54, 1.807) is 6.92 Å². The fourth-order valence-electron chi connectivity index (χ4n) is 2.30. The number of imide groups is 1. The molecule has 0 aliphatic carbocycles. The summed E-state index contributed by atoms with van der Waals surface area (Å²) in [5.74, 6) is -1.85. The molecule has 0 spiro atoms. The van der Waals surface area contributed by atoms with Gasteiger partial charge in [0.25, 0.3) is 11.8 Å². The maximum absolute atomic E-state index is 12.1. The number of nitrogens with zero attached hydrogens (tertiary/aromatic N) is 2. The Kier molecular flexibility index (Phi) is 3.69. The Morgan fingerprint density at radius 1 is 1.17 bits per heavy atom. The molecule has 118 valence electrons. The van der Waals surface area contributed by atoms with Gasteiger partial charge in [-0.25, -0.2) is 9.78 Å². The topological polar surface area (TPSA) is 89.7 Å². The number of carbonyl (C=O) groups is 3. The third-order valence-corrected chi connectivity index (χ3v) is 3.54. The van der Waals surface area contributed by atoms with Gasteiger partial charge in [0.15, 0.2) is 0 Å². The minimum atomic E-state index is -0.918. The number of benzene rings is 1. The van der Waals surface area contributed by atoms with E-state index in [1.165, 1.54) is 0 Å². The highest BCUT2D eigenvalue weighted by molar-refractivity contribution is 6.02. The van der Waals surface area contributed by atoms with E-state index in [4.69, 9.17) is 9.25 Å². The molecule has 2 amide bonds. The number of hydroxylamine groups is 2. The smallest absolute Gasteiger partial charge is 0.401 e. The first kappa shape index (κ1) is 15.0. The molecule has 1 aliphatic heterocycles. The Morgan fingerprint density at radius 2 is 1.83 bits per heavy atom. The summed E-state index contributed by atoms with van der Waals surface area (Å²) < 4.78 is 5.49.